The highest BCUT2D eigenvalue weighted by Gasteiger charge is 2.18. The molecule has 0 spiro atoms. The van der Waals surface area contributed by atoms with E-state index in [1.54, 1.807) is 18.9 Å². The lowest BCUT2D eigenvalue weighted by atomic mass is 10.2. The molecule has 30 heavy (non-hydrogen) atoms. The molecule has 0 aliphatic heterocycles. The van der Waals surface area contributed by atoms with Gasteiger partial charge in [0.2, 0.25) is 5.91 Å². The summed E-state index contributed by atoms with van der Waals surface area (Å²) in [6.07, 6.45) is 5.33. The molecular formula is C23H26N4O2S. The van der Waals surface area contributed by atoms with E-state index in [2.05, 4.69) is 26.1 Å². The first-order valence-corrected chi connectivity index (χ1v) is 11.4. The number of methoxy groups -OCH3 is 1. The molecule has 7 heteroatoms. The Hall–Kier alpha value is -2.93. The Morgan fingerprint density at radius 1 is 1.27 bits per heavy atom. The number of aromatic nitrogens is 3. The second kappa shape index (κ2) is 9.26. The number of rotatable bonds is 9. The maximum Gasteiger partial charge on any atom is 0.222 e. The zero-order chi connectivity index (χ0) is 20.9. The average Bonchev–Trinajstić information content (AvgIpc) is 3.38. The van der Waals surface area contributed by atoms with Gasteiger partial charge in [-0.2, -0.15) is 11.8 Å². The summed E-state index contributed by atoms with van der Waals surface area (Å²) in [6.45, 7) is 0.622. The molecule has 0 aliphatic rings. The fourth-order valence-corrected chi connectivity index (χ4v) is 4.11. The van der Waals surface area contributed by atoms with Crippen LogP contribution in [0.4, 0.5) is 0 Å². The zero-order valence-corrected chi connectivity index (χ0v) is 18.0. The van der Waals surface area contributed by atoms with E-state index >= 15 is 0 Å². The number of nitrogens with zero attached hydrogens (tertiary/aromatic N) is 2. The molecule has 4 rings (SSSR count). The molecule has 2 heterocycles. The zero-order valence-electron chi connectivity index (χ0n) is 17.2. The number of aromatic amines is 1. The predicted octanol–water partition coefficient (Wildman–Crippen LogP) is 4.53. The number of carbonyl (C=O) groups excluding carboxylic acids is 1. The summed E-state index contributed by atoms with van der Waals surface area (Å²) in [4.78, 5) is 20.8. The van der Waals surface area contributed by atoms with Crippen molar-refractivity contribution < 1.29 is 9.53 Å². The lowest BCUT2D eigenvalue weighted by Gasteiger charge is -2.16. The first-order valence-electron chi connectivity index (χ1n) is 10.0. The maximum atomic E-state index is 12.7. The van der Waals surface area contributed by atoms with Gasteiger partial charge in [-0.25, -0.2) is 4.98 Å². The Morgan fingerprint density at radius 2 is 2.13 bits per heavy atom. The Bertz CT molecular complexity index is 1120. The lowest BCUT2D eigenvalue weighted by molar-refractivity contribution is -0.122. The molecule has 0 saturated carbocycles. The van der Waals surface area contributed by atoms with E-state index < -0.39 is 0 Å². The molecule has 1 atom stereocenters. The van der Waals surface area contributed by atoms with Gasteiger partial charge in [-0.05, 0) is 54.8 Å². The molecule has 6 nitrogen and oxygen atoms in total. The van der Waals surface area contributed by atoms with Crippen LogP contribution >= 0.6 is 11.8 Å². The third-order valence-corrected chi connectivity index (χ3v) is 5.89. The molecule has 0 aliphatic carbocycles. The van der Waals surface area contributed by atoms with Gasteiger partial charge in [-0.15, -0.1) is 0 Å². The number of ether oxygens (including phenoxy) is 1. The minimum atomic E-state index is -0.122. The summed E-state index contributed by atoms with van der Waals surface area (Å²) < 4.78 is 7.39. The molecule has 0 radical (unpaired) electrons. The van der Waals surface area contributed by atoms with Crippen molar-refractivity contribution in [2.75, 3.05) is 19.1 Å². The van der Waals surface area contributed by atoms with E-state index in [-0.39, 0.29) is 11.9 Å². The van der Waals surface area contributed by atoms with Crippen molar-refractivity contribution in [1.82, 2.24) is 19.9 Å². The normalized spacial score (nSPS) is 12.3. The van der Waals surface area contributed by atoms with Gasteiger partial charge < -0.3 is 19.6 Å². The first-order chi connectivity index (χ1) is 14.7. The largest absolute Gasteiger partial charge is 0.497 e. The number of hydrogen-bond donors (Lipinski definition) is 2. The second-order valence-corrected chi connectivity index (χ2v) is 8.21. The molecule has 0 saturated heterocycles. The number of nitrogens with one attached hydrogen (secondary N) is 2. The minimum Gasteiger partial charge on any atom is -0.497 e. The van der Waals surface area contributed by atoms with Crippen LogP contribution in [-0.4, -0.2) is 39.6 Å². The van der Waals surface area contributed by atoms with Crippen molar-refractivity contribution in [3.05, 3.63) is 60.6 Å². The Balaban J connectivity index is 1.43. The summed E-state index contributed by atoms with van der Waals surface area (Å²) in [6, 6.07) is 15.8. The van der Waals surface area contributed by atoms with Crippen molar-refractivity contribution in [1.29, 1.82) is 0 Å². The van der Waals surface area contributed by atoms with E-state index in [1.807, 2.05) is 54.7 Å². The molecule has 4 aromatic rings. The van der Waals surface area contributed by atoms with Gasteiger partial charge in [0, 0.05) is 30.1 Å². The number of benzene rings is 2. The van der Waals surface area contributed by atoms with Crippen LogP contribution in [0.3, 0.4) is 0 Å². The predicted molar refractivity (Wildman–Crippen MR) is 123 cm³/mol. The monoisotopic (exact) mass is 422 g/mol. The van der Waals surface area contributed by atoms with Crippen LogP contribution in [0.2, 0.25) is 0 Å². The maximum absolute atomic E-state index is 12.7. The van der Waals surface area contributed by atoms with E-state index in [0.29, 0.717) is 13.0 Å². The van der Waals surface area contributed by atoms with Crippen LogP contribution in [0.25, 0.3) is 21.9 Å². The van der Waals surface area contributed by atoms with E-state index in [9.17, 15) is 4.79 Å². The number of carbonyl (C=O) groups is 1. The molecule has 2 aromatic heterocycles. The lowest BCUT2D eigenvalue weighted by Crippen LogP contribution is -2.30. The Kier molecular flexibility index (Phi) is 6.28. The highest BCUT2D eigenvalue weighted by atomic mass is 32.2. The van der Waals surface area contributed by atoms with E-state index in [0.717, 1.165) is 45.7 Å². The molecule has 0 bridgehead atoms. The fourth-order valence-electron chi connectivity index (χ4n) is 3.64. The molecule has 0 unspecified atom stereocenters. The quantitative estimate of drug-likeness (QED) is 0.416. The highest BCUT2D eigenvalue weighted by molar-refractivity contribution is 7.98. The van der Waals surface area contributed by atoms with Crippen LogP contribution in [-0.2, 0) is 11.3 Å². The number of H-pyrrole nitrogens is 1. The van der Waals surface area contributed by atoms with Crippen LogP contribution in [0.5, 0.6) is 5.75 Å². The summed E-state index contributed by atoms with van der Waals surface area (Å²) in [5.74, 6) is 2.63. The molecular weight excluding hydrogens is 396 g/mol. The minimum absolute atomic E-state index is 0.0249. The smallest absolute Gasteiger partial charge is 0.222 e. The number of fused-ring (bicyclic) bond motifs is 2. The van der Waals surface area contributed by atoms with Crippen LogP contribution < -0.4 is 10.1 Å². The summed E-state index contributed by atoms with van der Waals surface area (Å²) in [5.41, 5.74) is 3.01. The first kappa shape index (κ1) is 20.3. The number of imidazole rings is 1. The van der Waals surface area contributed by atoms with Crippen molar-refractivity contribution in [3.63, 3.8) is 0 Å². The third-order valence-electron chi connectivity index (χ3n) is 5.24. The topological polar surface area (TPSA) is 71.9 Å². The van der Waals surface area contributed by atoms with Crippen LogP contribution in [0.15, 0.2) is 54.7 Å². The van der Waals surface area contributed by atoms with Gasteiger partial charge in [0.15, 0.2) is 0 Å². The molecule has 0 fully saturated rings. The number of amides is 1. The van der Waals surface area contributed by atoms with E-state index in [4.69, 9.17) is 4.74 Å². The van der Waals surface area contributed by atoms with Gasteiger partial charge >= 0.3 is 0 Å². The molecule has 2 N–H and O–H groups in total. The third kappa shape index (κ3) is 4.46. The fraction of sp³-hybridized carbons (Fsp3) is 0.304. The molecule has 1 amide bonds. The number of aryl methyl sites for hydroxylation is 1. The Labute approximate surface area is 180 Å². The average molecular weight is 423 g/mol. The Morgan fingerprint density at radius 3 is 2.93 bits per heavy atom. The number of thioether (sulfide) groups is 1. The summed E-state index contributed by atoms with van der Waals surface area (Å²) in [7, 11) is 1.66. The summed E-state index contributed by atoms with van der Waals surface area (Å²) in [5, 5.41) is 4.28. The van der Waals surface area contributed by atoms with Gasteiger partial charge in [-0.3, -0.25) is 4.79 Å². The van der Waals surface area contributed by atoms with Gasteiger partial charge in [-0.1, -0.05) is 12.1 Å². The number of para-hydroxylation sites is 2. The van der Waals surface area contributed by atoms with Crippen LogP contribution in [0, 0.1) is 0 Å². The van der Waals surface area contributed by atoms with E-state index in [1.165, 1.54) is 0 Å². The number of hydrogen-bond acceptors (Lipinski definition) is 4. The van der Waals surface area contributed by atoms with Gasteiger partial charge in [0.1, 0.15) is 11.6 Å². The second-order valence-electron chi connectivity index (χ2n) is 7.22. The SMILES string of the molecule is COc1ccc2c(ccn2CCC(=O)N[C@H](CCSC)c2nc3ccccc3[nH]2)c1. The van der Waals surface area contributed by atoms with Crippen molar-refractivity contribution in [3.8, 4) is 5.75 Å². The van der Waals surface area contributed by atoms with Crippen molar-refractivity contribution in [2.45, 2.75) is 25.4 Å². The highest BCUT2D eigenvalue weighted by Crippen LogP contribution is 2.23. The van der Waals surface area contributed by atoms with Crippen molar-refractivity contribution >= 4 is 39.6 Å². The van der Waals surface area contributed by atoms with Gasteiger partial charge in [0.25, 0.3) is 0 Å². The standard InChI is InChI=1S/C23H26N4O2S/c1-29-17-7-8-21-16(15-17)9-12-27(21)13-10-22(28)24-20(11-14-30-2)23-25-18-5-3-4-6-19(18)26-23/h3-9,12,15,20H,10-11,13-14H2,1-2H3,(H,24,28)(H,25,26)/t20-/m1/s1. The van der Waals surface area contributed by atoms with Gasteiger partial charge in [0.05, 0.1) is 24.2 Å². The molecule has 156 valence electrons. The van der Waals surface area contributed by atoms with Crippen LogP contribution in [0.1, 0.15) is 24.7 Å². The summed E-state index contributed by atoms with van der Waals surface area (Å²) >= 11 is 1.77. The molecule has 2 aromatic carbocycles. The van der Waals surface area contributed by atoms with Crippen molar-refractivity contribution in [2.24, 2.45) is 0 Å².